The zero-order valence-electron chi connectivity index (χ0n) is 9.91. The molecular weight excluding hydrogens is 282 g/mol. The van der Waals surface area contributed by atoms with Gasteiger partial charge in [0, 0.05) is 12.4 Å². The minimum atomic E-state index is 0.00936. The van der Waals surface area contributed by atoms with Gasteiger partial charge in [-0.1, -0.05) is 22.0 Å². The number of hydrogen-bond acceptors (Lipinski definition) is 2. The standard InChI is InChI=1S/C13H16BrNO2/c1-15-11-8-10(4-2-3-7-14)5-6-12(11)17-9-13(15)16/h5-6,8H,2-4,7,9H2,1H3. The Kier molecular flexibility index (Phi) is 4.05. The Morgan fingerprint density at radius 2 is 2.24 bits per heavy atom. The van der Waals surface area contributed by atoms with Gasteiger partial charge in [0.25, 0.3) is 5.91 Å². The zero-order valence-corrected chi connectivity index (χ0v) is 11.5. The van der Waals surface area contributed by atoms with E-state index in [9.17, 15) is 4.79 Å². The highest BCUT2D eigenvalue weighted by Crippen LogP contribution is 2.32. The minimum Gasteiger partial charge on any atom is -0.482 e. The topological polar surface area (TPSA) is 29.5 Å². The smallest absolute Gasteiger partial charge is 0.264 e. The molecule has 0 aromatic heterocycles. The van der Waals surface area contributed by atoms with Crippen molar-refractivity contribution in [3.05, 3.63) is 23.8 Å². The number of aryl methyl sites for hydroxylation is 1. The first-order valence-corrected chi connectivity index (χ1v) is 6.93. The number of nitrogens with zero attached hydrogens (tertiary/aromatic N) is 1. The Hall–Kier alpha value is -1.03. The molecule has 0 spiro atoms. The predicted molar refractivity (Wildman–Crippen MR) is 72.1 cm³/mol. The van der Waals surface area contributed by atoms with E-state index in [1.54, 1.807) is 11.9 Å². The van der Waals surface area contributed by atoms with Crippen molar-refractivity contribution in [1.29, 1.82) is 0 Å². The normalized spacial score (nSPS) is 14.5. The van der Waals surface area contributed by atoms with E-state index in [0.717, 1.165) is 29.6 Å². The fraction of sp³-hybridized carbons (Fsp3) is 0.462. The molecule has 1 aliphatic heterocycles. The van der Waals surface area contributed by atoms with Gasteiger partial charge in [-0.25, -0.2) is 0 Å². The quantitative estimate of drug-likeness (QED) is 0.632. The maximum atomic E-state index is 11.5. The second-order valence-corrected chi connectivity index (χ2v) is 4.98. The van der Waals surface area contributed by atoms with Crippen molar-refractivity contribution in [2.75, 3.05) is 23.9 Å². The van der Waals surface area contributed by atoms with Crippen molar-refractivity contribution < 1.29 is 9.53 Å². The molecule has 0 aliphatic carbocycles. The van der Waals surface area contributed by atoms with Gasteiger partial charge in [-0.15, -0.1) is 0 Å². The summed E-state index contributed by atoms with van der Waals surface area (Å²) in [5.74, 6) is 0.812. The van der Waals surface area contributed by atoms with E-state index in [1.807, 2.05) is 6.07 Å². The Labute approximate surface area is 110 Å². The molecule has 1 amide bonds. The molecule has 1 heterocycles. The Morgan fingerprint density at radius 1 is 1.41 bits per heavy atom. The molecule has 2 rings (SSSR count). The molecule has 0 atom stereocenters. The van der Waals surface area contributed by atoms with Crippen LogP contribution in [-0.2, 0) is 11.2 Å². The lowest BCUT2D eigenvalue weighted by Gasteiger charge is -2.26. The Morgan fingerprint density at radius 3 is 3.00 bits per heavy atom. The van der Waals surface area contributed by atoms with Crippen molar-refractivity contribution in [3.8, 4) is 5.75 Å². The van der Waals surface area contributed by atoms with E-state index in [2.05, 4.69) is 28.1 Å². The fourth-order valence-electron chi connectivity index (χ4n) is 1.90. The number of carbonyl (C=O) groups excluding carboxylic acids is 1. The largest absolute Gasteiger partial charge is 0.482 e. The van der Waals surface area contributed by atoms with Crippen LogP contribution in [-0.4, -0.2) is 24.9 Å². The number of amides is 1. The van der Waals surface area contributed by atoms with Crippen molar-refractivity contribution in [3.63, 3.8) is 0 Å². The lowest BCUT2D eigenvalue weighted by molar-refractivity contribution is -0.120. The second kappa shape index (κ2) is 5.54. The van der Waals surface area contributed by atoms with Crippen LogP contribution in [0.4, 0.5) is 5.69 Å². The van der Waals surface area contributed by atoms with E-state index in [4.69, 9.17) is 4.74 Å². The minimum absolute atomic E-state index is 0.00936. The van der Waals surface area contributed by atoms with Gasteiger partial charge in [-0.3, -0.25) is 4.79 Å². The summed E-state index contributed by atoms with van der Waals surface area (Å²) < 4.78 is 5.39. The van der Waals surface area contributed by atoms with Crippen LogP contribution in [0.2, 0.25) is 0 Å². The molecule has 0 bridgehead atoms. The number of ether oxygens (including phenoxy) is 1. The van der Waals surface area contributed by atoms with Crippen LogP contribution in [0.1, 0.15) is 18.4 Å². The van der Waals surface area contributed by atoms with Crippen LogP contribution in [0.3, 0.4) is 0 Å². The summed E-state index contributed by atoms with van der Waals surface area (Å²) in [7, 11) is 1.80. The number of benzene rings is 1. The summed E-state index contributed by atoms with van der Waals surface area (Å²) >= 11 is 3.43. The number of carbonyl (C=O) groups is 1. The SMILES string of the molecule is CN1C(=O)COc2ccc(CCCCBr)cc21. The molecule has 92 valence electrons. The molecule has 0 fully saturated rings. The molecule has 1 aromatic rings. The number of hydrogen-bond donors (Lipinski definition) is 0. The highest BCUT2D eigenvalue weighted by Gasteiger charge is 2.21. The first kappa shape index (κ1) is 12.4. The lowest BCUT2D eigenvalue weighted by Crippen LogP contribution is -2.35. The van der Waals surface area contributed by atoms with Crippen LogP contribution in [0.25, 0.3) is 0 Å². The molecule has 0 N–H and O–H groups in total. The number of anilines is 1. The van der Waals surface area contributed by atoms with Crippen LogP contribution in [0.15, 0.2) is 18.2 Å². The van der Waals surface area contributed by atoms with E-state index in [-0.39, 0.29) is 12.5 Å². The number of alkyl halides is 1. The van der Waals surface area contributed by atoms with Gasteiger partial charge in [-0.2, -0.15) is 0 Å². The molecule has 4 heteroatoms. The fourth-order valence-corrected chi connectivity index (χ4v) is 2.29. The number of rotatable bonds is 4. The summed E-state index contributed by atoms with van der Waals surface area (Å²) in [5, 5.41) is 1.04. The average molecular weight is 298 g/mol. The summed E-state index contributed by atoms with van der Waals surface area (Å²) in [5.41, 5.74) is 2.15. The van der Waals surface area contributed by atoms with Gasteiger partial charge in [0.1, 0.15) is 5.75 Å². The van der Waals surface area contributed by atoms with Gasteiger partial charge < -0.3 is 9.64 Å². The van der Waals surface area contributed by atoms with Crippen LogP contribution in [0, 0.1) is 0 Å². The molecule has 1 aliphatic rings. The first-order chi connectivity index (χ1) is 8.22. The summed E-state index contributed by atoms with van der Waals surface area (Å²) in [4.78, 5) is 13.2. The lowest BCUT2D eigenvalue weighted by atomic mass is 10.1. The third kappa shape index (κ3) is 2.80. The molecule has 17 heavy (non-hydrogen) atoms. The molecule has 1 aromatic carbocycles. The zero-order chi connectivity index (χ0) is 12.3. The third-order valence-corrected chi connectivity index (χ3v) is 3.52. The number of fused-ring (bicyclic) bond motifs is 1. The van der Waals surface area contributed by atoms with Gasteiger partial charge in [0.15, 0.2) is 6.61 Å². The van der Waals surface area contributed by atoms with Crippen molar-refractivity contribution in [2.24, 2.45) is 0 Å². The molecule has 3 nitrogen and oxygen atoms in total. The number of unbranched alkanes of at least 4 members (excludes halogenated alkanes) is 1. The number of likely N-dealkylation sites (N-methyl/N-ethyl adjacent to an activating group) is 1. The average Bonchev–Trinajstić information content (AvgIpc) is 2.35. The maximum Gasteiger partial charge on any atom is 0.264 e. The van der Waals surface area contributed by atoms with Crippen LogP contribution >= 0.6 is 15.9 Å². The predicted octanol–water partition coefficient (Wildman–Crippen LogP) is 2.76. The first-order valence-electron chi connectivity index (χ1n) is 5.80. The van der Waals surface area contributed by atoms with Gasteiger partial charge in [-0.05, 0) is 37.0 Å². The number of halogens is 1. The van der Waals surface area contributed by atoms with Crippen molar-refractivity contribution in [1.82, 2.24) is 0 Å². The van der Waals surface area contributed by atoms with Crippen LogP contribution < -0.4 is 9.64 Å². The van der Waals surface area contributed by atoms with Gasteiger partial charge in [0.2, 0.25) is 0 Å². The summed E-state index contributed by atoms with van der Waals surface area (Å²) in [6.07, 6.45) is 3.37. The molecule has 0 saturated carbocycles. The molecule has 0 radical (unpaired) electrons. The molecular formula is C13H16BrNO2. The Balaban J connectivity index is 2.14. The highest BCUT2D eigenvalue weighted by atomic mass is 79.9. The van der Waals surface area contributed by atoms with Crippen molar-refractivity contribution in [2.45, 2.75) is 19.3 Å². The second-order valence-electron chi connectivity index (χ2n) is 4.19. The summed E-state index contributed by atoms with van der Waals surface area (Å²) in [6.45, 7) is 0.145. The third-order valence-electron chi connectivity index (χ3n) is 2.96. The monoisotopic (exact) mass is 297 g/mol. The van der Waals surface area contributed by atoms with Gasteiger partial charge in [0.05, 0.1) is 5.69 Å². The van der Waals surface area contributed by atoms with Gasteiger partial charge >= 0.3 is 0 Å². The molecule has 0 saturated heterocycles. The van der Waals surface area contributed by atoms with E-state index < -0.39 is 0 Å². The van der Waals surface area contributed by atoms with E-state index in [0.29, 0.717) is 0 Å². The van der Waals surface area contributed by atoms with E-state index in [1.165, 1.54) is 12.0 Å². The highest BCUT2D eigenvalue weighted by molar-refractivity contribution is 9.09. The Bertz CT molecular complexity index is 420. The van der Waals surface area contributed by atoms with Crippen molar-refractivity contribution >= 4 is 27.5 Å². The maximum absolute atomic E-state index is 11.5. The summed E-state index contributed by atoms with van der Waals surface area (Å²) in [6, 6.07) is 6.10. The van der Waals surface area contributed by atoms with Crippen LogP contribution in [0.5, 0.6) is 5.75 Å². The molecule has 0 unspecified atom stereocenters. The van der Waals surface area contributed by atoms with E-state index >= 15 is 0 Å².